The van der Waals surface area contributed by atoms with Crippen LogP contribution in [0.5, 0.6) is 0 Å². The molecule has 3 heteroatoms. The van der Waals surface area contributed by atoms with Crippen LogP contribution in [-0.4, -0.2) is 47.0 Å². The third-order valence-electron chi connectivity index (χ3n) is 4.30. The van der Waals surface area contributed by atoms with Crippen molar-refractivity contribution >= 4 is 0 Å². The third kappa shape index (κ3) is 2.96. The Bertz CT molecular complexity index is 210. The van der Waals surface area contributed by atoms with E-state index in [0.717, 1.165) is 32.4 Å². The molecule has 2 rings (SSSR count). The molecule has 2 N–H and O–H groups in total. The zero-order valence-corrected chi connectivity index (χ0v) is 10.1. The summed E-state index contributed by atoms with van der Waals surface area (Å²) >= 11 is 0. The van der Waals surface area contributed by atoms with E-state index in [4.69, 9.17) is 0 Å². The molecule has 2 aliphatic rings. The van der Waals surface area contributed by atoms with Gasteiger partial charge in [-0.2, -0.15) is 0 Å². The zero-order valence-electron chi connectivity index (χ0n) is 10.1. The summed E-state index contributed by atoms with van der Waals surface area (Å²) in [4.78, 5) is 2.41. The van der Waals surface area contributed by atoms with Crippen LogP contribution in [0.25, 0.3) is 0 Å². The molecule has 0 bridgehead atoms. The largest absolute Gasteiger partial charge is 0.395 e. The van der Waals surface area contributed by atoms with Gasteiger partial charge in [-0.05, 0) is 38.1 Å². The van der Waals surface area contributed by atoms with Gasteiger partial charge in [-0.1, -0.05) is 19.3 Å². The van der Waals surface area contributed by atoms with Gasteiger partial charge in [0.1, 0.15) is 0 Å². The summed E-state index contributed by atoms with van der Waals surface area (Å²) in [5.74, 6) is 0.445. The number of aliphatic hydroxyl groups is 2. The molecule has 1 saturated heterocycles. The smallest absolute Gasteiger partial charge is 0.0586 e. The number of likely N-dealkylation sites (tertiary alicyclic amines) is 1. The minimum atomic E-state index is -0.102. The van der Waals surface area contributed by atoms with Crippen molar-refractivity contribution in [2.24, 2.45) is 5.92 Å². The van der Waals surface area contributed by atoms with Gasteiger partial charge in [0.05, 0.1) is 12.7 Å². The number of rotatable bonds is 3. The van der Waals surface area contributed by atoms with Crippen LogP contribution in [0.2, 0.25) is 0 Å². The van der Waals surface area contributed by atoms with Crippen molar-refractivity contribution in [1.82, 2.24) is 4.90 Å². The zero-order chi connectivity index (χ0) is 11.4. The molecule has 2 fully saturated rings. The molecule has 0 spiro atoms. The maximum atomic E-state index is 9.97. The Morgan fingerprint density at radius 3 is 2.50 bits per heavy atom. The summed E-state index contributed by atoms with van der Waals surface area (Å²) in [6, 6.07) is 0.350. The lowest BCUT2D eigenvalue weighted by Gasteiger charge is -2.39. The summed E-state index contributed by atoms with van der Waals surface area (Å²) in [7, 11) is 0. The minimum absolute atomic E-state index is 0.102. The number of hydrogen-bond donors (Lipinski definition) is 2. The Hall–Kier alpha value is -0.120. The molecule has 0 amide bonds. The molecular formula is C13H25NO2. The normalized spacial score (nSPS) is 37.5. The van der Waals surface area contributed by atoms with Gasteiger partial charge in [-0.25, -0.2) is 0 Å². The topological polar surface area (TPSA) is 43.7 Å². The van der Waals surface area contributed by atoms with E-state index in [-0.39, 0.29) is 12.7 Å². The first kappa shape index (κ1) is 12.3. The molecule has 0 aromatic heterocycles. The Morgan fingerprint density at radius 2 is 1.75 bits per heavy atom. The van der Waals surface area contributed by atoms with Crippen LogP contribution < -0.4 is 0 Å². The fourth-order valence-corrected chi connectivity index (χ4v) is 3.21. The molecule has 0 aromatic carbocycles. The van der Waals surface area contributed by atoms with Crippen LogP contribution in [0.1, 0.15) is 44.9 Å². The van der Waals surface area contributed by atoms with Gasteiger partial charge in [0.2, 0.25) is 0 Å². The lowest BCUT2D eigenvalue weighted by atomic mass is 9.85. The highest BCUT2D eigenvalue weighted by Crippen LogP contribution is 2.27. The first-order valence-electron chi connectivity index (χ1n) is 6.84. The first-order chi connectivity index (χ1) is 7.81. The number of piperidine rings is 1. The second-order valence-corrected chi connectivity index (χ2v) is 5.44. The molecule has 0 aromatic rings. The number of aliphatic hydroxyl groups excluding tert-OH is 2. The fraction of sp³-hybridized carbons (Fsp3) is 1.00. The highest BCUT2D eigenvalue weighted by atomic mass is 16.3. The van der Waals surface area contributed by atoms with E-state index in [0.29, 0.717) is 12.0 Å². The second kappa shape index (κ2) is 5.99. The Balaban J connectivity index is 1.86. The van der Waals surface area contributed by atoms with Gasteiger partial charge >= 0.3 is 0 Å². The number of nitrogens with zero attached hydrogens (tertiary/aromatic N) is 1. The summed E-state index contributed by atoms with van der Waals surface area (Å²) in [5.41, 5.74) is 0. The Kier molecular flexibility index (Phi) is 4.62. The van der Waals surface area contributed by atoms with Gasteiger partial charge in [-0.15, -0.1) is 0 Å². The third-order valence-corrected chi connectivity index (χ3v) is 4.30. The second-order valence-electron chi connectivity index (χ2n) is 5.44. The molecule has 3 atom stereocenters. The van der Waals surface area contributed by atoms with Crippen molar-refractivity contribution < 1.29 is 10.2 Å². The molecule has 1 aliphatic carbocycles. The monoisotopic (exact) mass is 227 g/mol. The van der Waals surface area contributed by atoms with Gasteiger partial charge < -0.3 is 10.2 Å². The SMILES string of the molecule is OCC1CCCCN1CC1CCCCC1O. The van der Waals surface area contributed by atoms with Crippen LogP contribution in [0.15, 0.2) is 0 Å². The quantitative estimate of drug-likeness (QED) is 0.765. The summed E-state index contributed by atoms with van der Waals surface area (Å²) < 4.78 is 0. The van der Waals surface area contributed by atoms with Crippen LogP contribution in [0.4, 0.5) is 0 Å². The Morgan fingerprint density at radius 1 is 1.00 bits per heavy atom. The maximum absolute atomic E-state index is 9.97. The van der Waals surface area contributed by atoms with Crippen molar-refractivity contribution in [2.45, 2.75) is 57.1 Å². The fourth-order valence-electron chi connectivity index (χ4n) is 3.21. The van der Waals surface area contributed by atoms with Gasteiger partial charge in [-0.3, -0.25) is 4.90 Å². The molecule has 1 heterocycles. The van der Waals surface area contributed by atoms with Crippen molar-refractivity contribution in [2.75, 3.05) is 19.7 Å². The van der Waals surface area contributed by atoms with Crippen molar-refractivity contribution in [1.29, 1.82) is 0 Å². The van der Waals surface area contributed by atoms with E-state index >= 15 is 0 Å². The van der Waals surface area contributed by atoms with Crippen molar-refractivity contribution in [3.63, 3.8) is 0 Å². The highest BCUT2D eigenvalue weighted by molar-refractivity contribution is 4.82. The van der Waals surface area contributed by atoms with Crippen LogP contribution in [0.3, 0.4) is 0 Å². The van der Waals surface area contributed by atoms with Gasteiger partial charge in [0.25, 0.3) is 0 Å². The van der Waals surface area contributed by atoms with Crippen LogP contribution in [-0.2, 0) is 0 Å². The maximum Gasteiger partial charge on any atom is 0.0586 e. The number of hydrogen-bond acceptors (Lipinski definition) is 3. The van der Waals surface area contributed by atoms with E-state index in [2.05, 4.69) is 4.90 Å². The van der Waals surface area contributed by atoms with Crippen molar-refractivity contribution in [3.8, 4) is 0 Å². The molecule has 0 radical (unpaired) electrons. The minimum Gasteiger partial charge on any atom is -0.395 e. The Labute approximate surface area is 98.5 Å². The highest BCUT2D eigenvalue weighted by Gasteiger charge is 2.29. The average molecular weight is 227 g/mol. The lowest BCUT2D eigenvalue weighted by Crippen LogP contribution is -2.46. The van der Waals surface area contributed by atoms with Crippen LogP contribution >= 0.6 is 0 Å². The molecule has 16 heavy (non-hydrogen) atoms. The van der Waals surface area contributed by atoms with E-state index in [9.17, 15) is 10.2 Å². The standard InChI is InChI=1S/C13H25NO2/c15-10-12-6-3-4-8-14(12)9-11-5-1-2-7-13(11)16/h11-13,15-16H,1-10H2. The molecular weight excluding hydrogens is 202 g/mol. The van der Waals surface area contributed by atoms with E-state index < -0.39 is 0 Å². The molecule has 1 aliphatic heterocycles. The summed E-state index contributed by atoms with van der Waals surface area (Å²) in [6.07, 6.45) is 8.10. The predicted molar refractivity (Wildman–Crippen MR) is 64.3 cm³/mol. The predicted octanol–water partition coefficient (Wildman–Crippen LogP) is 1.38. The van der Waals surface area contributed by atoms with E-state index in [1.165, 1.54) is 25.7 Å². The molecule has 94 valence electrons. The lowest BCUT2D eigenvalue weighted by molar-refractivity contribution is 0.0156. The molecule has 3 unspecified atom stereocenters. The van der Waals surface area contributed by atoms with Gasteiger partial charge in [0, 0.05) is 12.6 Å². The van der Waals surface area contributed by atoms with E-state index in [1.54, 1.807) is 0 Å². The average Bonchev–Trinajstić information content (AvgIpc) is 2.33. The van der Waals surface area contributed by atoms with E-state index in [1.807, 2.05) is 0 Å². The van der Waals surface area contributed by atoms with Crippen molar-refractivity contribution in [3.05, 3.63) is 0 Å². The first-order valence-corrected chi connectivity index (χ1v) is 6.84. The summed E-state index contributed by atoms with van der Waals surface area (Å²) in [5, 5.41) is 19.3. The molecule has 3 nitrogen and oxygen atoms in total. The molecule has 1 saturated carbocycles. The van der Waals surface area contributed by atoms with Crippen LogP contribution in [0, 0.1) is 5.92 Å². The van der Waals surface area contributed by atoms with Gasteiger partial charge in [0.15, 0.2) is 0 Å². The summed E-state index contributed by atoms with van der Waals surface area (Å²) in [6.45, 7) is 2.38.